The molecule has 0 bridgehead atoms. The summed E-state index contributed by atoms with van der Waals surface area (Å²) in [5.74, 6) is -1.29. The molecular formula is C10H15NO2. The minimum atomic E-state index is -2.31. The summed E-state index contributed by atoms with van der Waals surface area (Å²) in [7, 11) is 0. The summed E-state index contributed by atoms with van der Waals surface area (Å²) in [5.41, 5.74) is -1.62. The number of rotatable bonds is 0. The summed E-state index contributed by atoms with van der Waals surface area (Å²) in [4.78, 5) is 24.2. The molecule has 0 radical (unpaired) electrons. The van der Waals surface area contributed by atoms with Crippen LogP contribution in [0, 0.1) is 5.41 Å². The summed E-state index contributed by atoms with van der Waals surface area (Å²) < 4.78 is 38.9. The number of carbonyl (C=O) groups is 2. The van der Waals surface area contributed by atoms with E-state index in [1.54, 1.807) is 0 Å². The molecule has 0 aromatic carbocycles. The normalized spacial score (nSPS) is 45.0. The van der Waals surface area contributed by atoms with Gasteiger partial charge in [-0.2, -0.15) is 0 Å². The average Bonchev–Trinajstić information content (AvgIpc) is 2.26. The first-order chi connectivity index (χ1) is 8.09. The fourth-order valence-corrected chi connectivity index (χ4v) is 1.69. The Morgan fingerprint density at radius 1 is 1.54 bits per heavy atom. The van der Waals surface area contributed by atoms with Crippen LogP contribution in [0.2, 0.25) is 0 Å². The van der Waals surface area contributed by atoms with Gasteiger partial charge in [-0.3, -0.25) is 9.59 Å². The Labute approximate surface area is 85.1 Å². The van der Waals surface area contributed by atoms with Gasteiger partial charge in [-0.1, -0.05) is 0 Å². The minimum absolute atomic E-state index is 0.00644. The zero-order valence-corrected chi connectivity index (χ0v) is 7.46. The Morgan fingerprint density at radius 3 is 2.77 bits per heavy atom. The molecule has 3 nitrogen and oxygen atoms in total. The van der Waals surface area contributed by atoms with Crippen molar-refractivity contribution in [2.24, 2.45) is 5.41 Å². The molecule has 1 amide bonds. The minimum Gasteiger partial charge on any atom is -0.343 e. The van der Waals surface area contributed by atoms with Crippen molar-refractivity contribution in [3.05, 3.63) is 0 Å². The molecule has 72 valence electrons. The first-order valence-corrected chi connectivity index (χ1v) is 4.31. The second-order valence-corrected chi connectivity index (χ2v) is 3.47. The lowest BCUT2D eigenvalue weighted by molar-refractivity contribution is -0.139. The van der Waals surface area contributed by atoms with Crippen molar-refractivity contribution in [2.75, 3.05) is 13.1 Å². The number of likely N-dealkylation sites (tertiary alicyclic amines) is 1. The zero-order chi connectivity index (χ0) is 13.9. The van der Waals surface area contributed by atoms with E-state index >= 15 is 0 Å². The Morgan fingerprint density at radius 2 is 2.23 bits per heavy atom. The molecule has 0 aromatic rings. The highest BCUT2D eigenvalue weighted by Gasteiger charge is 2.45. The Hall–Kier alpha value is -0.860. The lowest BCUT2D eigenvalue weighted by Crippen LogP contribution is -2.48. The number of nitrogens with zero attached hydrogens (tertiary/aromatic N) is 1. The first-order valence-electron chi connectivity index (χ1n) is 6.89. The van der Waals surface area contributed by atoms with Crippen LogP contribution in [-0.2, 0) is 9.59 Å². The number of amides is 1. The van der Waals surface area contributed by atoms with Crippen molar-refractivity contribution in [1.29, 1.82) is 0 Å². The van der Waals surface area contributed by atoms with E-state index in [-0.39, 0.29) is 25.4 Å². The highest BCUT2D eigenvalue weighted by Crippen LogP contribution is 2.46. The van der Waals surface area contributed by atoms with E-state index in [0.29, 0.717) is 0 Å². The molecule has 3 heteroatoms. The zero-order valence-electron chi connectivity index (χ0n) is 12.5. The summed E-state index contributed by atoms with van der Waals surface area (Å²) in [6.45, 7) is 1.53. The van der Waals surface area contributed by atoms with Crippen LogP contribution >= 0.6 is 0 Å². The van der Waals surface area contributed by atoms with Crippen molar-refractivity contribution in [2.45, 2.75) is 32.5 Å². The van der Waals surface area contributed by atoms with Gasteiger partial charge in [-0.05, 0) is 18.2 Å². The van der Waals surface area contributed by atoms with Crippen LogP contribution in [0.25, 0.3) is 0 Å². The van der Waals surface area contributed by atoms with Crippen LogP contribution in [0.1, 0.15) is 39.3 Å². The lowest BCUT2D eigenvalue weighted by atomic mass is 9.62. The van der Waals surface area contributed by atoms with Gasteiger partial charge in [-0.15, -0.1) is 0 Å². The Bertz CT molecular complexity index is 404. The molecule has 1 saturated carbocycles. The van der Waals surface area contributed by atoms with Crippen molar-refractivity contribution in [1.82, 2.24) is 4.90 Å². The van der Waals surface area contributed by atoms with Crippen LogP contribution < -0.4 is 0 Å². The van der Waals surface area contributed by atoms with Crippen LogP contribution in [0.4, 0.5) is 0 Å². The second kappa shape index (κ2) is 2.82. The SMILES string of the molecule is [2H]C1CN(C(C)=O)CCC12C([2H])([2H])C(=O)C2([2H])[2H]. The predicted octanol–water partition coefficient (Wildman–Crippen LogP) is 0.978. The molecule has 13 heavy (non-hydrogen) atoms. The summed E-state index contributed by atoms with van der Waals surface area (Å²) in [6, 6.07) is 0. The highest BCUT2D eigenvalue weighted by atomic mass is 16.2. The van der Waals surface area contributed by atoms with Gasteiger partial charge in [0.15, 0.2) is 0 Å². The molecule has 1 atom stereocenters. The van der Waals surface area contributed by atoms with Gasteiger partial charge >= 0.3 is 0 Å². The van der Waals surface area contributed by atoms with Crippen LogP contribution in [0.3, 0.4) is 0 Å². The molecular weight excluding hydrogens is 166 g/mol. The number of carbonyl (C=O) groups excluding carboxylic acids is 2. The van der Waals surface area contributed by atoms with Crippen molar-refractivity contribution in [3.8, 4) is 0 Å². The van der Waals surface area contributed by atoms with Crippen LogP contribution in [0.5, 0.6) is 0 Å². The monoisotopic (exact) mass is 186 g/mol. The Kier molecular flexibility index (Phi) is 0.995. The molecule has 1 saturated heterocycles. The highest BCUT2D eigenvalue weighted by molar-refractivity contribution is 5.86. The maximum absolute atomic E-state index is 11.5. The molecule has 0 N–H and O–H groups in total. The number of Topliss-reactive ketones (excluding diaryl/α,β-unsaturated/α-hetero) is 1. The largest absolute Gasteiger partial charge is 0.343 e. The molecule has 2 aliphatic rings. The van der Waals surface area contributed by atoms with E-state index in [2.05, 4.69) is 0 Å². The average molecular weight is 186 g/mol. The van der Waals surface area contributed by atoms with Gasteiger partial charge in [0.25, 0.3) is 0 Å². The van der Waals surface area contributed by atoms with Crippen LogP contribution in [-0.4, -0.2) is 29.7 Å². The number of piperidine rings is 1. The van der Waals surface area contributed by atoms with E-state index < -0.39 is 30.3 Å². The molecule has 1 aliphatic carbocycles. The van der Waals surface area contributed by atoms with Gasteiger partial charge in [0, 0.05) is 39.6 Å². The van der Waals surface area contributed by atoms with Crippen LogP contribution in [0.15, 0.2) is 0 Å². The van der Waals surface area contributed by atoms with Gasteiger partial charge in [-0.25, -0.2) is 0 Å². The van der Waals surface area contributed by atoms with E-state index in [4.69, 9.17) is 6.85 Å². The topological polar surface area (TPSA) is 37.4 Å². The number of ketones is 1. The van der Waals surface area contributed by atoms with Crippen molar-refractivity contribution < 1.29 is 16.4 Å². The Balaban J connectivity index is 2.34. The third kappa shape index (κ3) is 1.47. The third-order valence-corrected chi connectivity index (χ3v) is 2.55. The van der Waals surface area contributed by atoms with E-state index in [9.17, 15) is 9.59 Å². The summed E-state index contributed by atoms with van der Waals surface area (Å²) >= 11 is 0. The molecule has 2 rings (SSSR count). The fraction of sp³-hybridized carbons (Fsp3) is 0.800. The smallest absolute Gasteiger partial charge is 0.219 e. The number of hydrogen-bond acceptors (Lipinski definition) is 2. The maximum Gasteiger partial charge on any atom is 0.219 e. The second-order valence-electron chi connectivity index (χ2n) is 3.47. The van der Waals surface area contributed by atoms with Crippen molar-refractivity contribution in [3.63, 3.8) is 0 Å². The standard InChI is InChI=1S/C10H15NO2/c1-8(12)11-4-2-10(3-5-11)6-9(13)7-10/h2-7H2,1H3/i2D,6D2,7D2. The van der Waals surface area contributed by atoms with Gasteiger partial charge in [0.2, 0.25) is 5.91 Å². The van der Waals surface area contributed by atoms with Gasteiger partial charge in [0.05, 0.1) is 0 Å². The number of hydrogen-bond donors (Lipinski definition) is 0. The molecule has 2 fully saturated rings. The van der Waals surface area contributed by atoms with E-state index in [1.165, 1.54) is 11.8 Å². The van der Waals surface area contributed by atoms with E-state index in [1.807, 2.05) is 0 Å². The molecule has 1 heterocycles. The van der Waals surface area contributed by atoms with Gasteiger partial charge < -0.3 is 4.90 Å². The summed E-state index contributed by atoms with van der Waals surface area (Å²) in [6.07, 6.45) is -5.75. The quantitative estimate of drug-likeness (QED) is 0.565. The van der Waals surface area contributed by atoms with E-state index in [0.717, 1.165) is 0 Å². The van der Waals surface area contributed by atoms with Gasteiger partial charge in [0.1, 0.15) is 5.78 Å². The third-order valence-electron chi connectivity index (χ3n) is 2.55. The summed E-state index contributed by atoms with van der Waals surface area (Å²) in [5, 5.41) is 0. The fourth-order valence-electron chi connectivity index (χ4n) is 1.69. The first kappa shape index (κ1) is 4.58. The lowest BCUT2D eigenvalue weighted by Gasteiger charge is -2.46. The maximum atomic E-state index is 11.5. The molecule has 0 aromatic heterocycles. The predicted molar refractivity (Wildman–Crippen MR) is 48.2 cm³/mol. The molecule has 1 unspecified atom stereocenters. The van der Waals surface area contributed by atoms with Crippen molar-refractivity contribution >= 4 is 11.7 Å². The molecule has 1 spiro atoms. The molecule has 1 aliphatic heterocycles.